The number of nitrogens with zero attached hydrogens (tertiary/aromatic N) is 3. The molecule has 3 atom stereocenters. The molecule has 3 rings (SSSR count). The van der Waals surface area contributed by atoms with E-state index in [4.69, 9.17) is 14.1 Å². The molecule has 0 aliphatic carbocycles. The highest BCUT2D eigenvalue weighted by Crippen LogP contribution is 2.49. The first-order chi connectivity index (χ1) is 15.7. The average molecular weight is 488 g/mol. The van der Waals surface area contributed by atoms with Gasteiger partial charge in [0.25, 0.3) is 0 Å². The van der Waals surface area contributed by atoms with Crippen LogP contribution in [-0.2, 0) is 21.2 Å². The van der Waals surface area contributed by atoms with Crippen LogP contribution < -0.4 is 4.90 Å². The van der Waals surface area contributed by atoms with Crippen molar-refractivity contribution in [3.05, 3.63) is 22.9 Å². The molecule has 0 spiro atoms. The van der Waals surface area contributed by atoms with Crippen LogP contribution in [0, 0.1) is 11.3 Å². The maximum Gasteiger partial charge on any atom is 0.410 e. The highest BCUT2D eigenvalue weighted by atomic mass is 28.2. The predicted molar refractivity (Wildman–Crippen MR) is 136 cm³/mol. The number of fused-ring (bicyclic) bond motifs is 3. The largest absolute Gasteiger partial charge is 0.444 e. The summed E-state index contributed by atoms with van der Waals surface area (Å²) >= 11 is 0. The number of pyridine rings is 1. The zero-order valence-electron chi connectivity index (χ0n) is 22.5. The predicted octanol–water partition coefficient (Wildman–Crippen LogP) is 4.85. The zero-order valence-corrected chi connectivity index (χ0v) is 23.5. The molecule has 2 aliphatic rings. The number of amides is 1. The van der Waals surface area contributed by atoms with Crippen molar-refractivity contribution in [1.82, 2.24) is 9.88 Å². The second kappa shape index (κ2) is 9.26. The minimum Gasteiger partial charge on any atom is -0.444 e. The Morgan fingerprint density at radius 1 is 1.21 bits per heavy atom. The molecule has 34 heavy (non-hydrogen) atoms. The molecule has 1 amide bonds. The second-order valence-corrected chi connectivity index (χ2v) is 12.4. The van der Waals surface area contributed by atoms with E-state index in [1.54, 1.807) is 4.90 Å². The Kier molecular flexibility index (Phi) is 7.26. The zero-order chi connectivity index (χ0) is 25.6. The molecule has 0 N–H and O–H groups in total. The van der Waals surface area contributed by atoms with Gasteiger partial charge in [-0.05, 0) is 65.1 Å². The SMILES string of the molecule is C[Si]OC(C)(c1nc2c(cc1C=O)C[C@@H]1CN(C(=O)OC(C)(C)C)C[C@@H](C)N21)C(C)(C)C(C)C. The number of carbonyl (C=O) groups excluding carboxylic acids is 2. The van der Waals surface area contributed by atoms with Gasteiger partial charge >= 0.3 is 6.09 Å². The third kappa shape index (κ3) is 4.63. The molecule has 3 heterocycles. The van der Waals surface area contributed by atoms with Crippen LogP contribution in [0.15, 0.2) is 6.07 Å². The maximum atomic E-state index is 12.8. The lowest BCUT2D eigenvalue weighted by Crippen LogP contribution is -2.58. The summed E-state index contributed by atoms with van der Waals surface area (Å²) in [5.41, 5.74) is 0.839. The summed E-state index contributed by atoms with van der Waals surface area (Å²) in [5, 5.41) is 0. The van der Waals surface area contributed by atoms with Gasteiger partial charge in [0, 0.05) is 30.1 Å². The molecule has 1 saturated heterocycles. The van der Waals surface area contributed by atoms with Crippen LogP contribution in [-0.4, -0.2) is 62.8 Å². The Morgan fingerprint density at radius 2 is 1.85 bits per heavy atom. The molecule has 1 unspecified atom stereocenters. The van der Waals surface area contributed by atoms with Crippen LogP contribution in [0.5, 0.6) is 0 Å². The number of anilines is 1. The van der Waals surface area contributed by atoms with Gasteiger partial charge in [-0.3, -0.25) is 4.79 Å². The van der Waals surface area contributed by atoms with Gasteiger partial charge in [-0.1, -0.05) is 27.7 Å². The van der Waals surface area contributed by atoms with E-state index < -0.39 is 11.2 Å². The number of carbonyl (C=O) groups is 2. The van der Waals surface area contributed by atoms with Crippen molar-refractivity contribution in [2.45, 2.75) is 98.6 Å². The lowest BCUT2D eigenvalue weighted by molar-refractivity contribution is -0.0615. The van der Waals surface area contributed by atoms with Crippen molar-refractivity contribution >= 4 is 28.0 Å². The Hall–Kier alpha value is -1.93. The molecule has 2 aliphatic heterocycles. The van der Waals surface area contributed by atoms with Gasteiger partial charge in [-0.2, -0.15) is 0 Å². The van der Waals surface area contributed by atoms with Crippen molar-refractivity contribution in [3.8, 4) is 0 Å². The lowest BCUT2D eigenvalue weighted by atomic mass is 9.66. The summed E-state index contributed by atoms with van der Waals surface area (Å²) in [6.45, 7) is 21.7. The lowest BCUT2D eigenvalue weighted by Gasteiger charge is -2.47. The third-order valence-corrected chi connectivity index (χ3v) is 8.41. The minimum atomic E-state index is -0.723. The average Bonchev–Trinajstić information content (AvgIpc) is 3.09. The van der Waals surface area contributed by atoms with Gasteiger partial charge < -0.3 is 19.0 Å². The molecule has 188 valence electrons. The first kappa shape index (κ1) is 26.7. The van der Waals surface area contributed by atoms with Crippen LogP contribution in [0.4, 0.5) is 10.6 Å². The number of hydrogen-bond donors (Lipinski definition) is 0. The topological polar surface area (TPSA) is 72.0 Å². The van der Waals surface area contributed by atoms with E-state index in [0.717, 1.165) is 24.1 Å². The van der Waals surface area contributed by atoms with Gasteiger partial charge in [0.15, 0.2) is 6.29 Å². The molecule has 1 fully saturated rings. The van der Waals surface area contributed by atoms with E-state index in [-0.39, 0.29) is 33.4 Å². The van der Waals surface area contributed by atoms with Crippen molar-refractivity contribution in [3.63, 3.8) is 0 Å². The number of aromatic nitrogens is 1. The summed E-state index contributed by atoms with van der Waals surface area (Å²) in [6, 6.07) is 2.17. The van der Waals surface area contributed by atoms with Gasteiger partial charge in [0.05, 0.1) is 11.7 Å². The van der Waals surface area contributed by atoms with Gasteiger partial charge in [-0.25, -0.2) is 9.78 Å². The molecule has 7 nitrogen and oxygen atoms in total. The van der Waals surface area contributed by atoms with E-state index in [9.17, 15) is 9.59 Å². The normalized spacial score (nSPS) is 22.3. The third-order valence-electron chi connectivity index (χ3n) is 7.80. The number of piperazine rings is 1. The van der Waals surface area contributed by atoms with E-state index in [1.165, 1.54) is 0 Å². The van der Waals surface area contributed by atoms with E-state index in [0.29, 0.717) is 30.3 Å². The van der Waals surface area contributed by atoms with E-state index in [2.05, 4.69) is 46.4 Å². The smallest absolute Gasteiger partial charge is 0.410 e. The van der Waals surface area contributed by atoms with Crippen LogP contribution in [0.2, 0.25) is 6.55 Å². The van der Waals surface area contributed by atoms with Crippen LogP contribution in [0.25, 0.3) is 0 Å². The highest BCUT2D eigenvalue weighted by molar-refractivity contribution is 6.25. The summed E-state index contributed by atoms with van der Waals surface area (Å²) in [5.74, 6) is 1.23. The second-order valence-electron chi connectivity index (χ2n) is 11.7. The van der Waals surface area contributed by atoms with E-state index in [1.807, 2.05) is 33.4 Å². The molecule has 1 aromatic rings. The molecule has 2 radical (unpaired) electrons. The molecular weight excluding hydrogens is 446 g/mol. The number of hydrogen-bond acceptors (Lipinski definition) is 6. The monoisotopic (exact) mass is 487 g/mol. The fourth-order valence-electron chi connectivity index (χ4n) is 5.11. The number of rotatable bonds is 6. The van der Waals surface area contributed by atoms with Crippen LogP contribution in [0.1, 0.15) is 83.9 Å². The standard InChI is InChI=1S/C26H41N3O4Si/c1-16(2)25(7,8)26(9,33-34-10)21-19(15-30)11-18-12-20-14-28(23(31)32-24(4,5)6)13-17(3)29(20)22(18)27-21/h11,15-17,20H,12-14H2,1-10H3/t17-,20-,26?/m1/s1. The van der Waals surface area contributed by atoms with Gasteiger partial charge in [-0.15, -0.1) is 0 Å². The maximum absolute atomic E-state index is 12.8. The Morgan fingerprint density at radius 3 is 2.38 bits per heavy atom. The van der Waals surface area contributed by atoms with E-state index >= 15 is 0 Å². The van der Waals surface area contributed by atoms with Gasteiger partial charge in [0.2, 0.25) is 9.76 Å². The molecular formula is C26H41N3O4Si. The Balaban J connectivity index is 2.02. The van der Waals surface area contributed by atoms with Gasteiger partial charge in [0.1, 0.15) is 17.0 Å². The minimum absolute atomic E-state index is 0.0771. The fraction of sp³-hybridized carbons (Fsp3) is 0.731. The van der Waals surface area contributed by atoms with Crippen molar-refractivity contribution in [2.75, 3.05) is 18.0 Å². The molecule has 0 aromatic carbocycles. The van der Waals surface area contributed by atoms with Crippen LogP contribution in [0.3, 0.4) is 0 Å². The summed E-state index contributed by atoms with van der Waals surface area (Å²) in [6.07, 6.45) is 1.38. The Labute approximate surface area is 207 Å². The highest BCUT2D eigenvalue weighted by Gasteiger charge is 2.49. The Bertz CT molecular complexity index is 943. The molecule has 0 bridgehead atoms. The van der Waals surface area contributed by atoms with Crippen LogP contribution >= 0.6 is 0 Å². The van der Waals surface area contributed by atoms with Crippen molar-refractivity contribution in [1.29, 1.82) is 0 Å². The van der Waals surface area contributed by atoms with Crippen molar-refractivity contribution < 1.29 is 18.8 Å². The van der Waals surface area contributed by atoms with Crippen molar-refractivity contribution in [2.24, 2.45) is 11.3 Å². The number of aldehydes is 1. The summed E-state index contributed by atoms with van der Waals surface area (Å²) in [4.78, 5) is 34.3. The fourth-order valence-corrected chi connectivity index (χ4v) is 5.87. The summed E-state index contributed by atoms with van der Waals surface area (Å²) in [7, 11) is 0.266. The quantitative estimate of drug-likeness (QED) is 0.422. The molecule has 8 heteroatoms. The molecule has 0 saturated carbocycles. The molecule has 1 aromatic heterocycles. The summed E-state index contributed by atoms with van der Waals surface area (Å²) < 4.78 is 12.0. The number of ether oxygens (including phenoxy) is 1. The first-order valence-corrected chi connectivity index (χ1v) is 13.7. The first-order valence-electron chi connectivity index (χ1n) is 12.3.